The van der Waals surface area contributed by atoms with Gasteiger partial charge in [-0.1, -0.05) is 0 Å². The van der Waals surface area contributed by atoms with Gasteiger partial charge in [0.1, 0.15) is 6.04 Å². The number of hydrogen-bond donors (Lipinski definition) is 4. The van der Waals surface area contributed by atoms with E-state index in [0.29, 0.717) is 0 Å². The molecule has 0 spiro atoms. The predicted molar refractivity (Wildman–Crippen MR) is 48.0 cm³/mol. The second-order valence-corrected chi connectivity index (χ2v) is 3.14. The van der Waals surface area contributed by atoms with E-state index in [4.69, 9.17) is 22.3 Å². The highest BCUT2D eigenvalue weighted by atomic mass is 16.6. The lowest BCUT2D eigenvalue weighted by molar-refractivity contribution is -0.160. The first-order chi connectivity index (χ1) is 6.28. The third-order valence-corrected chi connectivity index (χ3v) is 1.44. The van der Waals surface area contributed by atoms with Crippen molar-refractivity contribution in [1.82, 2.24) is 0 Å². The maximum absolute atomic E-state index is 11.1. The molecule has 0 heterocycles. The molecule has 0 aliphatic carbocycles. The number of carboxylic acids is 1. The van der Waals surface area contributed by atoms with Gasteiger partial charge in [0.25, 0.3) is 0 Å². The van der Waals surface area contributed by atoms with Crippen LogP contribution in [0.4, 0.5) is 0 Å². The molecule has 0 fully saturated rings. The Morgan fingerprint density at radius 3 is 2.43 bits per heavy atom. The molecule has 2 atom stereocenters. The molecule has 0 bridgehead atoms. The molecule has 0 aliphatic heterocycles. The number of carboxylic acid groups (broad SMARTS) is 1. The number of hydrogen-bond acceptors (Lipinski definition) is 6. The van der Waals surface area contributed by atoms with Gasteiger partial charge in [-0.25, -0.2) is 0 Å². The Balaban J connectivity index is 4.14. The van der Waals surface area contributed by atoms with Crippen molar-refractivity contribution in [3.63, 3.8) is 0 Å². The molecule has 0 saturated heterocycles. The van der Waals surface area contributed by atoms with Crippen molar-refractivity contribution in [2.24, 2.45) is 17.2 Å². The van der Waals surface area contributed by atoms with Crippen LogP contribution in [0.2, 0.25) is 0 Å². The molecular weight excluding hydrogens is 190 g/mol. The molecule has 82 valence electrons. The Labute approximate surface area is 81.2 Å². The zero-order valence-electron chi connectivity index (χ0n) is 7.90. The molecule has 0 amide bonds. The Morgan fingerprint density at radius 1 is 1.57 bits per heavy atom. The van der Waals surface area contributed by atoms with Crippen molar-refractivity contribution >= 4 is 11.9 Å². The van der Waals surface area contributed by atoms with Gasteiger partial charge in [0, 0.05) is 6.54 Å². The molecule has 0 aromatic carbocycles. The summed E-state index contributed by atoms with van der Waals surface area (Å²) in [7, 11) is 0. The first kappa shape index (κ1) is 12.8. The minimum atomic E-state index is -1.31. The lowest BCUT2D eigenvalue weighted by Gasteiger charge is -2.24. The Kier molecular flexibility index (Phi) is 4.48. The number of carbonyl (C=O) groups excluding carboxylic acids is 1. The number of ether oxygens (including phenoxy) is 1. The first-order valence-electron chi connectivity index (χ1n) is 3.97. The summed E-state index contributed by atoms with van der Waals surface area (Å²) >= 11 is 0. The van der Waals surface area contributed by atoms with E-state index in [-0.39, 0.29) is 6.54 Å². The molecule has 0 radical (unpaired) electrons. The zero-order chi connectivity index (χ0) is 11.4. The summed E-state index contributed by atoms with van der Waals surface area (Å²) in [5.41, 5.74) is 14.5. The van der Waals surface area contributed by atoms with Gasteiger partial charge in [-0.05, 0) is 6.92 Å². The second kappa shape index (κ2) is 4.89. The van der Waals surface area contributed by atoms with Crippen LogP contribution in [0.25, 0.3) is 0 Å². The summed E-state index contributed by atoms with van der Waals surface area (Å²) in [5.74, 6) is -2.05. The van der Waals surface area contributed by atoms with E-state index in [2.05, 4.69) is 4.74 Å². The molecule has 0 saturated carbocycles. The topological polar surface area (TPSA) is 142 Å². The van der Waals surface area contributed by atoms with E-state index >= 15 is 0 Å². The van der Waals surface area contributed by atoms with E-state index in [9.17, 15) is 9.59 Å². The zero-order valence-corrected chi connectivity index (χ0v) is 7.90. The molecule has 7 N–H and O–H groups in total. The molecule has 1 unspecified atom stereocenters. The molecule has 0 aromatic heterocycles. The van der Waals surface area contributed by atoms with Gasteiger partial charge in [0.05, 0.1) is 6.42 Å². The van der Waals surface area contributed by atoms with Gasteiger partial charge >= 0.3 is 11.9 Å². The SMILES string of the molecule is CC(N)(CN)OC(=O)[C@@H](N)CC(=O)O. The van der Waals surface area contributed by atoms with E-state index in [1.54, 1.807) is 0 Å². The van der Waals surface area contributed by atoms with Gasteiger partial charge in [-0.15, -0.1) is 0 Å². The summed E-state index contributed by atoms with van der Waals surface area (Å²) in [4.78, 5) is 21.3. The molecule has 0 rings (SSSR count). The number of rotatable bonds is 5. The molecule has 7 nitrogen and oxygen atoms in total. The fraction of sp³-hybridized carbons (Fsp3) is 0.714. The van der Waals surface area contributed by atoms with Gasteiger partial charge in [0.15, 0.2) is 5.72 Å². The third-order valence-electron chi connectivity index (χ3n) is 1.44. The summed E-state index contributed by atoms with van der Waals surface area (Å²) in [6.07, 6.45) is -0.501. The van der Waals surface area contributed by atoms with Gasteiger partial charge in [-0.3, -0.25) is 15.3 Å². The van der Waals surface area contributed by atoms with Crippen LogP contribution in [0.3, 0.4) is 0 Å². The van der Waals surface area contributed by atoms with Crippen LogP contribution >= 0.6 is 0 Å². The highest BCUT2D eigenvalue weighted by molar-refractivity contribution is 5.81. The summed E-state index contributed by atoms with van der Waals surface area (Å²) < 4.78 is 4.68. The predicted octanol–water partition coefficient (Wildman–Crippen LogP) is -2.03. The number of esters is 1. The maximum atomic E-state index is 11.1. The van der Waals surface area contributed by atoms with E-state index < -0.39 is 30.1 Å². The van der Waals surface area contributed by atoms with Crippen LogP contribution in [-0.4, -0.2) is 35.4 Å². The molecular formula is C7H15N3O4. The van der Waals surface area contributed by atoms with Crippen molar-refractivity contribution < 1.29 is 19.4 Å². The first-order valence-corrected chi connectivity index (χ1v) is 3.97. The number of carbonyl (C=O) groups is 2. The Hall–Kier alpha value is -1.18. The fourth-order valence-corrected chi connectivity index (χ4v) is 0.619. The van der Waals surface area contributed by atoms with Crippen molar-refractivity contribution in [3.05, 3.63) is 0 Å². The Bertz CT molecular complexity index is 229. The summed E-state index contributed by atoms with van der Waals surface area (Å²) in [5, 5.41) is 8.34. The quantitative estimate of drug-likeness (QED) is 0.299. The second-order valence-electron chi connectivity index (χ2n) is 3.14. The largest absolute Gasteiger partial charge is 0.481 e. The van der Waals surface area contributed by atoms with Crippen LogP contribution in [-0.2, 0) is 14.3 Å². The summed E-state index contributed by atoms with van der Waals surface area (Å²) in [6.45, 7) is 1.33. The number of nitrogens with two attached hydrogens (primary N) is 3. The van der Waals surface area contributed by atoms with Crippen molar-refractivity contribution in [1.29, 1.82) is 0 Å². The van der Waals surface area contributed by atoms with Crippen LogP contribution in [0.5, 0.6) is 0 Å². The maximum Gasteiger partial charge on any atom is 0.325 e. The standard InChI is InChI=1S/C7H15N3O4/c1-7(10,3-8)14-6(13)4(9)2-5(11)12/h4H,2-3,8-10H2,1H3,(H,11,12)/t4-,7?/m0/s1. The monoisotopic (exact) mass is 205 g/mol. The Morgan fingerprint density at radius 2 is 2.07 bits per heavy atom. The van der Waals surface area contributed by atoms with Crippen LogP contribution in [0.1, 0.15) is 13.3 Å². The normalized spacial score (nSPS) is 16.9. The van der Waals surface area contributed by atoms with Gasteiger partial charge in [0.2, 0.25) is 0 Å². The smallest absolute Gasteiger partial charge is 0.325 e. The minimum Gasteiger partial charge on any atom is -0.481 e. The van der Waals surface area contributed by atoms with E-state index in [1.165, 1.54) is 6.92 Å². The molecule has 0 aromatic rings. The lowest BCUT2D eigenvalue weighted by atomic mass is 10.2. The van der Waals surface area contributed by atoms with Crippen LogP contribution in [0, 0.1) is 0 Å². The molecule has 14 heavy (non-hydrogen) atoms. The molecule has 7 heteroatoms. The summed E-state index contributed by atoms with van der Waals surface area (Å²) in [6, 6.07) is -1.22. The number of aliphatic carboxylic acids is 1. The lowest BCUT2D eigenvalue weighted by Crippen LogP contribution is -2.51. The van der Waals surface area contributed by atoms with Gasteiger partial charge in [-0.2, -0.15) is 0 Å². The average Bonchev–Trinajstić information content (AvgIpc) is 2.02. The average molecular weight is 205 g/mol. The van der Waals surface area contributed by atoms with Crippen molar-refractivity contribution in [2.75, 3.05) is 6.54 Å². The van der Waals surface area contributed by atoms with Crippen molar-refractivity contribution in [2.45, 2.75) is 25.1 Å². The van der Waals surface area contributed by atoms with Crippen molar-refractivity contribution in [3.8, 4) is 0 Å². The van der Waals surface area contributed by atoms with E-state index in [0.717, 1.165) is 0 Å². The highest BCUT2D eigenvalue weighted by Crippen LogP contribution is 2.02. The van der Waals surface area contributed by atoms with Gasteiger partial charge < -0.3 is 21.3 Å². The van der Waals surface area contributed by atoms with Crippen LogP contribution < -0.4 is 17.2 Å². The highest BCUT2D eigenvalue weighted by Gasteiger charge is 2.26. The molecule has 0 aliphatic rings. The van der Waals surface area contributed by atoms with E-state index in [1.807, 2.05) is 0 Å². The minimum absolute atomic E-state index is 0.0709. The van der Waals surface area contributed by atoms with Crippen LogP contribution in [0.15, 0.2) is 0 Å². The third kappa shape index (κ3) is 4.75. The fourth-order valence-electron chi connectivity index (χ4n) is 0.619.